The lowest BCUT2D eigenvalue weighted by atomic mass is 9.73. The summed E-state index contributed by atoms with van der Waals surface area (Å²) in [6.07, 6.45) is 29.1. The zero-order valence-electron chi connectivity index (χ0n) is 12.3. The fourth-order valence-electron chi connectivity index (χ4n) is 3.70. The lowest BCUT2D eigenvalue weighted by molar-refractivity contribution is 1.22. The normalized spacial score (nSPS) is 24.0. The fraction of sp³-hybridized carbons (Fsp3) is 0.0909. The summed E-state index contributed by atoms with van der Waals surface area (Å²) in [5.74, 6) is 0. The second-order valence-corrected chi connectivity index (χ2v) is 6.32. The molecule has 0 N–H and O–H groups in total. The van der Waals surface area contributed by atoms with Gasteiger partial charge in [0.05, 0.1) is 0 Å². The molecule has 5 rings (SSSR count). The van der Waals surface area contributed by atoms with Gasteiger partial charge in [-0.2, -0.15) is 0 Å². The summed E-state index contributed by atoms with van der Waals surface area (Å²) in [4.78, 5) is 0. The average molecular weight is 280 g/mol. The maximum atomic E-state index is 2.37. The van der Waals surface area contributed by atoms with Crippen LogP contribution in [0.5, 0.6) is 0 Å². The Bertz CT molecular complexity index is 730. The smallest absolute Gasteiger partial charge is 0.00253 e. The number of rotatable bonds is 0. The Balaban J connectivity index is 1.74. The van der Waals surface area contributed by atoms with Crippen molar-refractivity contribution < 1.29 is 0 Å². The van der Waals surface area contributed by atoms with Gasteiger partial charge in [0.15, 0.2) is 0 Å². The van der Waals surface area contributed by atoms with E-state index in [1.807, 2.05) is 0 Å². The van der Waals surface area contributed by atoms with Crippen molar-refractivity contribution in [3.63, 3.8) is 0 Å². The van der Waals surface area contributed by atoms with Gasteiger partial charge in [0.2, 0.25) is 0 Å². The standard InChI is InChI=1S/C22H16/c1-2-6-16-9-15(5-1)11-19-20(12-16)22-14-18-8-4-3-7-17(10-18)13-21(19)22/h1-8,11-14H,9-10H2. The molecule has 0 atom stereocenters. The maximum Gasteiger partial charge on any atom is -0.00253 e. The highest BCUT2D eigenvalue weighted by atomic mass is 14.4. The van der Waals surface area contributed by atoms with Crippen LogP contribution in [0.3, 0.4) is 0 Å². The second-order valence-electron chi connectivity index (χ2n) is 6.32. The fourth-order valence-corrected chi connectivity index (χ4v) is 3.70. The van der Waals surface area contributed by atoms with Crippen LogP contribution < -0.4 is 0 Å². The van der Waals surface area contributed by atoms with E-state index in [-0.39, 0.29) is 0 Å². The largest absolute Gasteiger partial charge is 0.0620 e. The van der Waals surface area contributed by atoms with Crippen molar-refractivity contribution in [3.8, 4) is 0 Å². The minimum atomic E-state index is 1.04. The maximum absolute atomic E-state index is 2.37. The molecule has 4 bridgehead atoms. The molecule has 0 radical (unpaired) electrons. The van der Waals surface area contributed by atoms with Gasteiger partial charge >= 0.3 is 0 Å². The Labute approximate surface area is 130 Å². The van der Waals surface area contributed by atoms with Gasteiger partial charge in [-0.15, -0.1) is 0 Å². The Kier molecular flexibility index (Phi) is 2.42. The first-order valence-corrected chi connectivity index (χ1v) is 7.88. The topological polar surface area (TPSA) is 0 Å². The predicted molar refractivity (Wildman–Crippen MR) is 92.2 cm³/mol. The van der Waals surface area contributed by atoms with Gasteiger partial charge in [-0.1, -0.05) is 72.9 Å². The molecule has 0 unspecified atom stereocenters. The Hall–Kier alpha value is -2.60. The summed E-state index contributed by atoms with van der Waals surface area (Å²) in [5.41, 5.74) is 11.2. The van der Waals surface area contributed by atoms with E-state index >= 15 is 0 Å². The number of fused-ring (bicyclic) bond motifs is 8. The van der Waals surface area contributed by atoms with E-state index in [0.717, 1.165) is 12.8 Å². The molecule has 0 amide bonds. The molecule has 5 aliphatic rings. The first kappa shape index (κ1) is 12.0. The Morgan fingerprint density at radius 1 is 0.409 bits per heavy atom. The zero-order chi connectivity index (χ0) is 14.5. The van der Waals surface area contributed by atoms with Crippen LogP contribution >= 0.6 is 0 Å². The molecule has 0 spiro atoms. The highest BCUT2D eigenvalue weighted by Crippen LogP contribution is 2.50. The quantitative estimate of drug-likeness (QED) is 0.560. The molecular weight excluding hydrogens is 264 g/mol. The van der Waals surface area contributed by atoms with E-state index in [1.54, 1.807) is 0 Å². The van der Waals surface area contributed by atoms with Crippen molar-refractivity contribution in [2.75, 3.05) is 0 Å². The van der Waals surface area contributed by atoms with Crippen molar-refractivity contribution >= 4 is 0 Å². The summed E-state index contributed by atoms with van der Waals surface area (Å²) in [6.45, 7) is 0. The molecule has 0 heterocycles. The van der Waals surface area contributed by atoms with Crippen LogP contribution in [0.2, 0.25) is 0 Å². The monoisotopic (exact) mass is 280 g/mol. The van der Waals surface area contributed by atoms with Crippen LogP contribution in [0.4, 0.5) is 0 Å². The van der Waals surface area contributed by atoms with E-state index < -0.39 is 0 Å². The van der Waals surface area contributed by atoms with Crippen molar-refractivity contribution in [1.82, 2.24) is 0 Å². The van der Waals surface area contributed by atoms with Gasteiger partial charge in [-0.3, -0.25) is 0 Å². The molecule has 0 aromatic heterocycles. The molecular formula is C22H16. The van der Waals surface area contributed by atoms with Crippen LogP contribution in [0.25, 0.3) is 0 Å². The summed E-state index contributed by atoms with van der Waals surface area (Å²) >= 11 is 0. The Morgan fingerprint density at radius 2 is 0.682 bits per heavy atom. The van der Waals surface area contributed by atoms with Crippen molar-refractivity contribution in [2.45, 2.75) is 12.8 Å². The van der Waals surface area contributed by atoms with Crippen molar-refractivity contribution in [3.05, 3.63) is 117 Å². The lowest BCUT2D eigenvalue weighted by Crippen LogP contribution is -2.12. The first-order valence-electron chi connectivity index (χ1n) is 7.88. The summed E-state index contributed by atoms with van der Waals surface area (Å²) in [5, 5.41) is 0. The first-order chi connectivity index (χ1) is 10.9. The molecule has 104 valence electrons. The van der Waals surface area contributed by atoms with Gasteiger partial charge in [0, 0.05) is 0 Å². The molecule has 0 saturated heterocycles. The van der Waals surface area contributed by atoms with Crippen LogP contribution in [-0.2, 0) is 0 Å². The van der Waals surface area contributed by atoms with Crippen LogP contribution in [0, 0.1) is 0 Å². The number of hydrogen-bond donors (Lipinski definition) is 0. The van der Waals surface area contributed by atoms with E-state index in [9.17, 15) is 0 Å². The van der Waals surface area contributed by atoms with Gasteiger partial charge < -0.3 is 0 Å². The second kappa shape index (κ2) is 4.45. The Morgan fingerprint density at radius 3 is 0.955 bits per heavy atom. The van der Waals surface area contributed by atoms with E-state index in [2.05, 4.69) is 72.9 Å². The van der Waals surface area contributed by atoms with Gasteiger partial charge in [0.25, 0.3) is 0 Å². The molecule has 1 fully saturated rings. The summed E-state index contributed by atoms with van der Waals surface area (Å²) in [7, 11) is 0. The zero-order valence-corrected chi connectivity index (χ0v) is 12.3. The highest BCUT2D eigenvalue weighted by molar-refractivity contribution is 5.83. The average Bonchev–Trinajstić information content (AvgIpc) is 2.99. The highest BCUT2D eigenvalue weighted by Gasteiger charge is 2.33. The molecule has 0 nitrogen and oxygen atoms in total. The molecule has 0 aliphatic heterocycles. The van der Waals surface area contributed by atoms with Gasteiger partial charge in [-0.05, 0) is 57.4 Å². The van der Waals surface area contributed by atoms with Crippen LogP contribution in [-0.4, -0.2) is 0 Å². The summed E-state index contributed by atoms with van der Waals surface area (Å²) < 4.78 is 0. The third-order valence-electron chi connectivity index (χ3n) is 4.76. The molecule has 22 heavy (non-hydrogen) atoms. The van der Waals surface area contributed by atoms with Crippen LogP contribution in [0.1, 0.15) is 12.8 Å². The summed E-state index contributed by atoms with van der Waals surface area (Å²) in [6, 6.07) is 0. The van der Waals surface area contributed by atoms with E-state index in [1.165, 1.54) is 44.6 Å². The number of allylic oxidation sites excluding steroid dienone is 20. The van der Waals surface area contributed by atoms with Gasteiger partial charge in [0.1, 0.15) is 0 Å². The molecule has 0 aromatic rings. The van der Waals surface area contributed by atoms with Gasteiger partial charge in [-0.25, -0.2) is 0 Å². The van der Waals surface area contributed by atoms with Crippen molar-refractivity contribution in [1.29, 1.82) is 0 Å². The van der Waals surface area contributed by atoms with Crippen molar-refractivity contribution in [2.24, 2.45) is 0 Å². The molecule has 1 saturated carbocycles. The lowest BCUT2D eigenvalue weighted by Gasteiger charge is -2.30. The van der Waals surface area contributed by atoms with E-state index in [4.69, 9.17) is 0 Å². The third kappa shape index (κ3) is 1.77. The molecule has 0 aromatic carbocycles. The number of hydrogen-bond acceptors (Lipinski definition) is 0. The minimum absolute atomic E-state index is 1.04. The molecule has 5 aliphatic carbocycles. The van der Waals surface area contributed by atoms with Crippen LogP contribution in [0.15, 0.2) is 117 Å². The van der Waals surface area contributed by atoms with E-state index in [0.29, 0.717) is 0 Å². The SMILES string of the molecule is C1=CC=C2C=C3C(=CC(=C1)C2)C1=CC2=CC=CC=C(C=C31)C2. The third-order valence-corrected chi connectivity index (χ3v) is 4.76. The minimum Gasteiger partial charge on any atom is -0.0620 e. The molecule has 0 heteroatoms. The predicted octanol–water partition coefficient (Wildman–Crippen LogP) is 5.36.